The van der Waals surface area contributed by atoms with Gasteiger partial charge in [-0.3, -0.25) is 4.98 Å². The average molecular weight is 485 g/mol. The first-order chi connectivity index (χ1) is 16.5. The summed E-state index contributed by atoms with van der Waals surface area (Å²) in [5.41, 5.74) is 7.20. The minimum atomic E-state index is -3.37. The van der Waals surface area contributed by atoms with Crippen LogP contribution in [0.15, 0.2) is 94.7 Å². The van der Waals surface area contributed by atoms with Crippen LogP contribution >= 0.6 is 0 Å². The van der Waals surface area contributed by atoms with Crippen molar-refractivity contribution in [2.75, 3.05) is 0 Å². The van der Waals surface area contributed by atoms with E-state index in [0.29, 0.717) is 9.79 Å². The second-order valence-electron chi connectivity index (χ2n) is 8.43. The van der Waals surface area contributed by atoms with Gasteiger partial charge in [-0.15, -0.1) is 0 Å². The van der Waals surface area contributed by atoms with E-state index in [2.05, 4.69) is 11.1 Å². The Kier molecular flexibility index (Phi) is 9.93. The standard InChI is InChI=1S/C14H14O2S.C9H9N.C7H9N/c1-11-3-7-13(8-4-11)17(15,16)14-9-5-12(2)6-10-14;1-7-4-3-5-8(2)9(7)6-10;1-6-4-3-5-7(2)8-6/h3-10H,1-2H3;3-5H,1-2H3;3-5H,1-2H3. The molecule has 0 aliphatic rings. The van der Waals surface area contributed by atoms with Crippen LogP contribution in [0, 0.1) is 52.9 Å². The lowest BCUT2D eigenvalue weighted by Crippen LogP contribution is -2.01. The predicted molar refractivity (Wildman–Crippen MR) is 142 cm³/mol. The fourth-order valence-corrected chi connectivity index (χ4v) is 4.50. The summed E-state index contributed by atoms with van der Waals surface area (Å²) < 4.78 is 24.5. The van der Waals surface area contributed by atoms with Crippen molar-refractivity contribution in [3.05, 3.63) is 124 Å². The molecule has 0 saturated carbocycles. The van der Waals surface area contributed by atoms with Crippen molar-refractivity contribution < 1.29 is 8.42 Å². The largest absolute Gasteiger partial charge is 0.258 e. The van der Waals surface area contributed by atoms with Gasteiger partial charge in [-0.1, -0.05) is 59.7 Å². The Morgan fingerprint density at radius 1 is 0.600 bits per heavy atom. The molecule has 0 spiro atoms. The Bertz CT molecular complexity index is 1310. The molecular weight excluding hydrogens is 452 g/mol. The van der Waals surface area contributed by atoms with Crippen LogP contribution in [0.3, 0.4) is 0 Å². The zero-order valence-electron chi connectivity index (χ0n) is 21.2. The van der Waals surface area contributed by atoms with Crippen LogP contribution in [-0.2, 0) is 9.84 Å². The Morgan fingerprint density at radius 2 is 0.971 bits per heavy atom. The Hall–Kier alpha value is -3.75. The quantitative estimate of drug-likeness (QED) is 0.307. The maximum atomic E-state index is 12.3. The van der Waals surface area contributed by atoms with Crippen molar-refractivity contribution in [2.45, 2.75) is 51.3 Å². The van der Waals surface area contributed by atoms with E-state index >= 15 is 0 Å². The van der Waals surface area contributed by atoms with E-state index in [1.165, 1.54) is 0 Å². The molecule has 0 atom stereocenters. The van der Waals surface area contributed by atoms with Crippen LogP contribution < -0.4 is 0 Å². The lowest BCUT2D eigenvalue weighted by atomic mass is 10.1. The summed E-state index contributed by atoms with van der Waals surface area (Å²) in [7, 11) is -3.37. The predicted octanol–water partition coefficient (Wildman–Crippen LogP) is 7.01. The maximum Gasteiger partial charge on any atom is 0.206 e. The molecule has 0 aliphatic carbocycles. The lowest BCUT2D eigenvalue weighted by molar-refractivity contribution is 0.596. The van der Waals surface area contributed by atoms with Crippen molar-refractivity contribution in [1.82, 2.24) is 4.98 Å². The number of nitrogens with zero attached hydrogens (tertiary/aromatic N) is 2. The van der Waals surface area contributed by atoms with Crippen molar-refractivity contribution in [3.63, 3.8) is 0 Å². The van der Waals surface area contributed by atoms with E-state index in [-0.39, 0.29) is 0 Å². The van der Waals surface area contributed by atoms with E-state index in [9.17, 15) is 8.42 Å². The molecule has 0 radical (unpaired) electrons. The molecule has 1 aromatic heterocycles. The van der Waals surface area contributed by atoms with Gasteiger partial charge in [0.25, 0.3) is 0 Å². The molecule has 0 bridgehead atoms. The second-order valence-corrected chi connectivity index (χ2v) is 10.4. The normalized spacial score (nSPS) is 10.2. The topological polar surface area (TPSA) is 70.8 Å². The molecule has 0 fully saturated rings. The van der Waals surface area contributed by atoms with Crippen molar-refractivity contribution in [2.24, 2.45) is 0 Å². The molecule has 35 heavy (non-hydrogen) atoms. The second kappa shape index (κ2) is 12.6. The van der Waals surface area contributed by atoms with E-state index in [4.69, 9.17) is 5.26 Å². The number of hydrogen-bond acceptors (Lipinski definition) is 4. The summed E-state index contributed by atoms with van der Waals surface area (Å²) in [4.78, 5) is 4.85. The Balaban J connectivity index is 0.000000204. The number of aryl methyl sites for hydroxylation is 6. The summed E-state index contributed by atoms with van der Waals surface area (Å²) >= 11 is 0. The summed E-state index contributed by atoms with van der Waals surface area (Å²) in [5, 5.41) is 8.65. The van der Waals surface area contributed by atoms with Crippen molar-refractivity contribution in [3.8, 4) is 6.07 Å². The van der Waals surface area contributed by atoms with Crippen LogP contribution in [-0.4, -0.2) is 13.4 Å². The molecule has 4 rings (SSSR count). The molecule has 0 aliphatic heterocycles. The van der Waals surface area contributed by atoms with E-state index in [1.807, 2.05) is 77.9 Å². The van der Waals surface area contributed by atoms with E-state index in [0.717, 1.165) is 39.2 Å². The highest BCUT2D eigenvalue weighted by molar-refractivity contribution is 7.91. The molecule has 4 aromatic rings. The molecule has 1 heterocycles. The van der Waals surface area contributed by atoms with Crippen LogP contribution in [0.2, 0.25) is 0 Å². The van der Waals surface area contributed by atoms with Gasteiger partial charge in [0, 0.05) is 11.4 Å². The van der Waals surface area contributed by atoms with Gasteiger partial charge in [0.15, 0.2) is 0 Å². The number of benzene rings is 3. The first-order valence-corrected chi connectivity index (χ1v) is 12.8. The summed E-state index contributed by atoms with van der Waals surface area (Å²) in [6, 6.07) is 27.8. The van der Waals surface area contributed by atoms with Crippen molar-refractivity contribution in [1.29, 1.82) is 5.26 Å². The number of rotatable bonds is 2. The third kappa shape index (κ3) is 8.20. The third-order valence-corrected chi connectivity index (χ3v) is 7.07. The number of sulfone groups is 1. The third-order valence-electron chi connectivity index (χ3n) is 5.28. The van der Waals surface area contributed by atoms with E-state index in [1.54, 1.807) is 48.5 Å². The summed E-state index contributed by atoms with van der Waals surface area (Å²) in [6.45, 7) is 11.8. The molecule has 0 saturated heterocycles. The molecule has 3 aromatic carbocycles. The zero-order chi connectivity index (χ0) is 26.0. The SMILES string of the molecule is Cc1ccc(S(=O)(=O)c2ccc(C)cc2)cc1.Cc1cccc(C)c1C#N.Cc1cccc(C)n1. The first kappa shape index (κ1) is 27.5. The smallest absolute Gasteiger partial charge is 0.206 e. The average Bonchev–Trinajstić information content (AvgIpc) is 2.81. The van der Waals surface area contributed by atoms with Gasteiger partial charge in [0.2, 0.25) is 9.84 Å². The van der Waals surface area contributed by atoms with Gasteiger partial charge in [-0.25, -0.2) is 8.42 Å². The number of aromatic nitrogens is 1. The molecule has 0 N–H and O–H groups in total. The number of hydrogen-bond donors (Lipinski definition) is 0. The lowest BCUT2D eigenvalue weighted by Gasteiger charge is -2.05. The highest BCUT2D eigenvalue weighted by Gasteiger charge is 2.16. The first-order valence-electron chi connectivity index (χ1n) is 11.3. The van der Waals surface area contributed by atoms with Crippen LogP contribution in [0.4, 0.5) is 0 Å². The van der Waals surface area contributed by atoms with Gasteiger partial charge in [0.1, 0.15) is 0 Å². The van der Waals surface area contributed by atoms with E-state index < -0.39 is 9.84 Å². The van der Waals surface area contributed by atoms with Gasteiger partial charge >= 0.3 is 0 Å². The van der Waals surface area contributed by atoms with Crippen LogP contribution in [0.25, 0.3) is 0 Å². The number of pyridine rings is 1. The number of nitriles is 1. The minimum Gasteiger partial charge on any atom is -0.258 e. The Labute approximate surface area is 209 Å². The van der Waals surface area contributed by atoms with Gasteiger partial charge in [-0.05, 0) is 89.1 Å². The molecule has 0 amide bonds. The summed E-state index contributed by atoms with van der Waals surface area (Å²) in [6.07, 6.45) is 0. The minimum absolute atomic E-state index is 0.340. The Morgan fingerprint density at radius 3 is 1.26 bits per heavy atom. The fraction of sp³-hybridized carbons (Fsp3) is 0.200. The van der Waals surface area contributed by atoms with Crippen LogP contribution in [0.5, 0.6) is 0 Å². The molecular formula is C30H32N2O2S. The maximum absolute atomic E-state index is 12.3. The summed E-state index contributed by atoms with van der Waals surface area (Å²) in [5.74, 6) is 0. The molecule has 5 heteroatoms. The van der Waals surface area contributed by atoms with Crippen molar-refractivity contribution >= 4 is 9.84 Å². The highest BCUT2D eigenvalue weighted by atomic mass is 32.2. The monoisotopic (exact) mass is 484 g/mol. The zero-order valence-corrected chi connectivity index (χ0v) is 22.0. The molecule has 0 unspecified atom stereocenters. The molecule has 4 nitrogen and oxygen atoms in total. The van der Waals surface area contributed by atoms with Gasteiger partial charge < -0.3 is 0 Å². The fourth-order valence-electron chi connectivity index (χ4n) is 3.24. The highest BCUT2D eigenvalue weighted by Crippen LogP contribution is 2.21. The van der Waals surface area contributed by atoms with Gasteiger partial charge in [-0.2, -0.15) is 5.26 Å². The van der Waals surface area contributed by atoms with Gasteiger partial charge in [0.05, 0.1) is 21.4 Å². The molecule has 180 valence electrons. The van der Waals surface area contributed by atoms with Crippen LogP contribution in [0.1, 0.15) is 39.2 Å².